The first-order valence-electron chi connectivity index (χ1n) is 4.70. The predicted octanol–water partition coefficient (Wildman–Crippen LogP) is 2.88. The van der Waals surface area contributed by atoms with Crippen molar-refractivity contribution in [3.63, 3.8) is 0 Å². The summed E-state index contributed by atoms with van der Waals surface area (Å²) in [5.41, 5.74) is -2.19. The molecule has 0 fully saturated rings. The lowest BCUT2D eigenvalue weighted by molar-refractivity contribution is -0.393. The summed E-state index contributed by atoms with van der Waals surface area (Å²) in [6.45, 7) is 4.00. The fourth-order valence-corrected chi connectivity index (χ4v) is 1.23. The first-order chi connectivity index (χ1) is 8.34. The van der Waals surface area contributed by atoms with Crippen LogP contribution in [0, 0.1) is 20.2 Å². The molecule has 0 aliphatic rings. The van der Waals surface area contributed by atoms with Gasteiger partial charge in [0.1, 0.15) is 0 Å². The zero-order chi connectivity index (χ0) is 14.5. The van der Waals surface area contributed by atoms with Crippen molar-refractivity contribution in [3.8, 4) is 0 Å². The third-order valence-corrected chi connectivity index (χ3v) is 2.06. The summed E-state index contributed by atoms with van der Waals surface area (Å²) in [5, 5.41) is 28.9. The molecule has 0 aromatic heterocycles. The number of carbonyl (C=O) groups is 1. The maximum atomic E-state index is 10.6. The molecule has 0 spiro atoms. The zero-order valence-corrected chi connectivity index (χ0v) is 10.2. The minimum Gasteiger partial charge on any atom is -0.478 e. The van der Waals surface area contributed by atoms with Crippen LogP contribution in [0.15, 0.2) is 12.1 Å². The van der Waals surface area contributed by atoms with Crippen molar-refractivity contribution < 1.29 is 19.7 Å². The lowest BCUT2D eigenvalue weighted by atomic mass is 10.2. The van der Waals surface area contributed by atoms with Gasteiger partial charge >= 0.3 is 5.97 Å². The third kappa shape index (κ3) is 3.39. The molecule has 1 aromatic rings. The summed E-state index contributed by atoms with van der Waals surface area (Å²) in [5.74, 6) is -1.51. The summed E-state index contributed by atoms with van der Waals surface area (Å²) in [6.07, 6.45) is 0. The number of aromatic carboxylic acids is 1. The number of carboxylic acids is 1. The number of benzene rings is 1. The minimum absolute atomic E-state index is 0.567. The van der Waals surface area contributed by atoms with Crippen molar-refractivity contribution in [2.75, 3.05) is 0 Å². The van der Waals surface area contributed by atoms with E-state index in [-0.39, 0.29) is 0 Å². The van der Waals surface area contributed by atoms with Gasteiger partial charge in [-0.25, -0.2) is 4.79 Å². The maximum absolute atomic E-state index is 10.6. The van der Waals surface area contributed by atoms with Gasteiger partial charge < -0.3 is 5.11 Å². The first-order valence-corrected chi connectivity index (χ1v) is 5.08. The summed E-state index contributed by atoms with van der Waals surface area (Å²) in [6, 6.07) is 1.33. The van der Waals surface area contributed by atoms with Crippen LogP contribution in [0.3, 0.4) is 0 Å². The van der Waals surface area contributed by atoms with Crippen LogP contribution in [-0.2, 0) is 0 Å². The molecule has 0 amide bonds. The van der Waals surface area contributed by atoms with Crippen LogP contribution in [-0.4, -0.2) is 20.9 Å². The van der Waals surface area contributed by atoms with Crippen molar-refractivity contribution in [1.29, 1.82) is 0 Å². The number of carboxylic acid groups (broad SMARTS) is 1. The van der Waals surface area contributed by atoms with E-state index in [1.54, 1.807) is 0 Å². The van der Waals surface area contributed by atoms with Gasteiger partial charge in [-0.15, -0.1) is 0 Å². The molecule has 8 nitrogen and oxygen atoms in total. The monoisotopic (exact) mass is 276 g/mol. The summed E-state index contributed by atoms with van der Waals surface area (Å²) < 4.78 is 0. The SMILES string of the molecule is CC.O=C(O)c1cc([N+](=O)[O-])c(Cl)c([N+](=O)[O-])c1. The van der Waals surface area contributed by atoms with Gasteiger partial charge in [0, 0.05) is 12.1 Å². The van der Waals surface area contributed by atoms with Gasteiger partial charge in [-0.1, -0.05) is 25.4 Å². The zero-order valence-electron chi connectivity index (χ0n) is 9.42. The Labute approximate surface area is 106 Å². The Morgan fingerprint density at radius 3 is 1.72 bits per heavy atom. The van der Waals surface area contributed by atoms with E-state index in [1.165, 1.54) is 0 Å². The lowest BCUT2D eigenvalue weighted by Gasteiger charge is -1.99. The number of nitrogens with zero attached hydrogens (tertiary/aromatic N) is 2. The fourth-order valence-electron chi connectivity index (χ4n) is 0.983. The van der Waals surface area contributed by atoms with Gasteiger partial charge in [-0.2, -0.15) is 0 Å². The molecule has 1 rings (SSSR count). The molecule has 0 bridgehead atoms. The van der Waals surface area contributed by atoms with Crippen LogP contribution in [0.4, 0.5) is 11.4 Å². The maximum Gasteiger partial charge on any atom is 0.336 e. The number of hydrogen-bond donors (Lipinski definition) is 1. The van der Waals surface area contributed by atoms with E-state index in [9.17, 15) is 25.0 Å². The number of halogens is 1. The van der Waals surface area contributed by atoms with Crippen molar-refractivity contribution in [3.05, 3.63) is 42.9 Å². The minimum atomic E-state index is -1.51. The lowest BCUT2D eigenvalue weighted by Crippen LogP contribution is -2.02. The molecule has 0 aliphatic carbocycles. The Morgan fingerprint density at radius 1 is 1.17 bits per heavy atom. The van der Waals surface area contributed by atoms with E-state index >= 15 is 0 Å². The molecule has 98 valence electrons. The van der Waals surface area contributed by atoms with E-state index in [2.05, 4.69) is 0 Å². The van der Waals surface area contributed by atoms with Crippen LogP contribution >= 0.6 is 11.6 Å². The second-order valence-electron chi connectivity index (χ2n) is 2.65. The smallest absolute Gasteiger partial charge is 0.336 e. The van der Waals surface area contributed by atoms with Crippen LogP contribution in [0.2, 0.25) is 5.02 Å². The van der Waals surface area contributed by atoms with Gasteiger partial charge in [-0.3, -0.25) is 20.2 Å². The van der Waals surface area contributed by atoms with Crippen LogP contribution in [0.1, 0.15) is 24.2 Å². The molecule has 1 N–H and O–H groups in total. The summed E-state index contributed by atoms with van der Waals surface area (Å²) >= 11 is 5.40. The van der Waals surface area contributed by atoms with Crippen LogP contribution in [0.25, 0.3) is 0 Å². The summed E-state index contributed by atoms with van der Waals surface area (Å²) in [4.78, 5) is 29.6. The van der Waals surface area contributed by atoms with E-state index < -0.39 is 37.8 Å². The Bertz CT molecular complexity index is 467. The quantitative estimate of drug-likeness (QED) is 0.668. The second-order valence-corrected chi connectivity index (χ2v) is 3.03. The Hall–Kier alpha value is -2.22. The number of rotatable bonds is 3. The molecule has 18 heavy (non-hydrogen) atoms. The molecule has 0 heterocycles. The average molecular weight is 277 g/mol. The standard InChI is InChI=1S/C7H3ClN2O6.C2H6/c8-6-4(9(13)14)1-3(7(11)12)2-5(6)10(15)16;1-2/h1-2H,(H,11,12);1-2H3. The van der Waals surface area contributed by atoms with Gasteiger partial charge in [0.25, 0.3) is 11.4 Å². The Balaban J connectivity index is 0.00000137. The van der Waals surface area contributed by atoms with Crippen molar-refractivity contribution in [2.45, 2.75) is 13.8 Å². The normalized spacial score (nSPS) is 9.06. The number of hydrogen-bond acceptors (Lipinski definition) is 5. The van der Waals surface area contributed by atoms with E-state index in [0.29, 0.717) is 12.1 Å². The summed E-state index contributed by atoms with van der Waals surface area (Å²) in [7, 11) is 0. The third-order valence-electron chi connectivity index (χ3n) is 1.67. The topological polar surface area (TPSA) is 124 Å². The van der Waals surface area contributed by atoms with Crippen LogP contribution < -0.4 is 0 Å². The molecule has 0 unspecified atom stereocenters. The largest absolute Gasteiger partial charge is 0.478 e. The highest BCUT2D eigenvalue weighted by Crippen LogP contribution is 2.34. The van der Waals surface area contributed by atoms with Crippen molar-refractivity contribution >= 4 is 28.9 Å². The van der Waals surface area contributed by atoms with E-state index in [4.69, 9.17) is 16.7 Å². The van der Waals surface area contributed by atoms with Gasteiger partial charge in [0.15, 0.2) is 5.02 Å². The molecule has 0 aliphatic heterocycles. The number of nitro benzene ring substituents is 2. The van der Waals surface area contributed by atoms with Gasteiger partial charge in [-0.05, 0) is 0 Å². The molecular weight excluding hydrogens is 268 g/mol. The Morgan fingerprint density at radius 2 is 1.50 bits per heavy atom. The molecule has 0 saturated carbocycles. The highest BCUT2D eigenvalue weighted by molar-refractivity contribution is 6.35. The van der Waals surface area contributed by atoms with Gasteiger partial charge in [0.2, 0.25) is 0 Å². The highest BCUT2D eigenvalue weighted by atomic mass is 35.5. The van der Waals surface area contributed by atoms with Gasteiger partial charge in [0.05, 0.1) is 15.4 Å². The average Bonchev–Trinajstić information content (AvgIpc) is 2.30. The molecule has 0 saturated heterocycles. The van der Waals surface area contributed by atoms with Crippen molar-refractivity contribution in [2.24, 2.45) is 0 Å². The first kappa shape index (κ1) is 15.8. The molecule has 9 heteroatoms. The molecule has 1 aromatic carbocycles. The second kappa shape index (κ2) is 6.50. The molecular formula is C9H9ClN2O6. The predicted molar refractivity (Wildman–Crippen MR) is 63.1 cm³/mol. The number of nitro groups is 2. The van der Waals surface area contributed by atoms with Crippen LogP contribution in [0.5, 0.6) is 0 Å². The van der Waals surface area contributed by atoms with E-state index in [1.807, 2.05) is 13.8 Å². The highest BCUT2D eigenvalue weighted by Gasteiger charge is 2.26. The molecule has 0 radical (unpaired) electrons. The molecule has 0 atom stereocenters. The Kier molecular flexibility index (Phi) is 5.70. The van der Waals surface area contributed by atoms with Crippen molar-refractivity contribution in [1.82, 2.24) is 0 Å². The fraction of sp³-hybridized carbons (Fsp3) is 0.222. The van der Waals surface area contributed by atoms with E-state index in [0.717, 1.165) is 0 Å².